The highest BCUT2D eigenvalue weighted by molar-refractivity contribution is 5.98. The largest absolute Gasteiger partial charge is 0.465 e. The quantitative estimate of drug-likeness (QED) is 0.315. The third-order valence-corrected chi connectivity index (χ3v) is 3.15. The van der Waals surface area contributed by atoms with Gasteiger partial charge < -0.3 is 14.2 Å². The number of ether oxygens (including phenoxy) is 3. The van der Waals surface area contributed by atoms with E-state index in [4.69, 9.17) is 14.2 Å². The second-order valence-corrected chi connectivity index (χ2v) is 5.08. The fraction of sp³-hybridized carbons (Fsp3) is 0.389. The van der Waals surface area contributed by atoms with E-state index in [0.29, 0.717) is 18.4 Å². The van der Waals surface area contributed by atoms with Crippen LogP contribution in [-0.4, -0.2) is 31.6 Å². The summed E-state index contributed by atoms with van der Waals surface area (Å²) >= 11 is 0. The lowest BCUT2D eigenvalue weighted by molar-refractivity contribution is -0.131. The first kappa shape index (κ1) is 19.4. The van der Waals surface area contributed by atoms with Gasteiger partial charge in [0.05, 0.1) is 19.3 Å². The highest BCUT2D eigenvalue weighted by Crippen LogP contribution is 2.28. The Kier molecular flexibility index (Phi) is 7.68. The van der Waals surface area contributed by atoms with Crippen LogP contribution >= 0.6 is 0 Å². The molecule has 0 N–H and O–H groups in total. The number of methoxy groups -OCH3 is 1. The van der Waals surface area contributed by atoms with Crippen LogP contribution in [0.25, 0.3) is 0 Å². The molecule has 0 radical (unpaired) electrons. The fourth-order valence-corrected chi connectivity index (χ4v) is 2.03. The van der Waals surface area contributed by atoms with Crippen LogP contribution in [0.3, 0.4) is 0 Å². The molecule has 24 heavy (non-hydrogen) atoms. The Balaban J connectivity index is 3.38. The summed E-state index contributed by atoms with van der Waals surface area (Å²) in [5, 5.41) is 0. The van der Waals surface area contributed by atoms with E-state index in [1.165, 1.54) is 26.2 Å². The van der Waals surface area contributed by atoms with E-state index in [9.17, 15) is 14.4 Å². The number of carbonyl (C=O) groups is 3. The Labute approximate surface area is 141 Å². The maximum atomic E-state index is 12.3. The highest BCUT2D eigenvalue weighted by Gasteiger charge is 2.22. The maximum absolute atomic E-state index is 12.3. The van der Waals surface area contributed by atoms with Gasteiger partial charge in [0, 0.05) is 12.5 Å². The van der Waals surface area contributed by atoms with Crippen molar-refractivity contribution in [3.8, 4) is 5.75 Å². The smallest absolute Gasteiger partial charge is 0.341 e. The Morgan fingerprint density at radius 3 is 2.46 bits per heavy atom. The van der Waals surface area contributed by atoms with Crippen molar-refractivity contribution >= 4 is 17.9 Å². The normalized spacial score (nSPS) is 9.96. The van der Waals surface area contributed by atoms with Gasteiger partial charge in [0.2, 0.25) is 0 Å². The number of carbonyl (C=O) groups excluding carboxylic acids is 3. The first-order valence-corrected chi connectivity index (χ1v) is 7.66. The molecular formula is C18H22O6. The van der Waals surface area contributed by atoms with Gasteiger partial charge in [-0.15, -0.1) is 6.58 Å². The molecule has 1 aromatic rings. The van der Waals surface area contributed by atoms with Crippen molar-refractivity contribution in [1.82, 2.24) is 0 Å². The Bertz CT molecular complexity index is 633. The van der Waals surface area contributed by atoms with Gasteiger partial charge in [0.15, 0.2) is 0 Å². The number of hydrogen-bond acceptors (Lipinski definition) is 6. The monoisotopic (exact) mass is 334 g/mol. The van der Waals surface area contributed by atoms with Gasteiger partial charge in [0.1, 0.15) is 11.3 Å². The van der Waals surface area contributed by atoms with Gasteiger partial charge >= 0.3 is 17.9 Å². The predicted molar refractivity (Wildman–Crippen MR) is 88.2 cm³/mol. The lowest BCUT2D eigenvalue weighted by Gasteiger charge is -2.14. The fourth-order valence-electron chi connectivity index (χ4n) is 2.03. The first-order valence-electron chi connectivity index (χ1n) is 7.66. The van der Waals surface area contributed by atoms with Crippen molar-refractivity contribution in [2.24, 2.45) is 0 Å². The van der Waals surface area contributed by atoms with Crippen LogP contribution in [0.15, 0.2) is 24.8 Å². The molecule has 0 heterocycles. The average molecular weight is 334 g/mol. The second kappa shape index (κ2) is 9.50. The summed E-state index contributed by atoms with van der Waals surface area (Å²) in [5.74, 6) is -1.75. The molecule has 0 saturated heterocycles. The maximum Gasteiger partial charge on any atom is 0.341 e. The van der Waals surface area contributed by atoms with E-state index in [1.54, 1.807) is 6.08 Å². The molecule has 130 valence electrons. The van der Waals surface area contributed by atoms with Crippen molar-refractivity contribution in [2.45, 2.75) is 33.1 Å². The number of unbranched alkanes of at least 4 members (excludes halogenated alkanes) is 1. The van der Waals surface area contributed by atoms with Crippen LogP contribution in [0, 0.1) is 0 Å². The highest BCUT2D eigenvalue weighted by atomic mass is 16.5. The van der Waals surface area contributed by atoms with E-state index >= 15 is 0 Å². The topological polar surface area (TPSA) is 78.9 Å². The summed E-state index contributed by atoms with van der Waals surface area (Å²) in [6, 6.07) is 2.82. The molecule has 1 aromatic carbocycles. The average Bonchev–Trinajstić information content (AvgIpc) is 2.55. The SMILES string of the molecule is C=CCc1cc(C(=O)OC)cc(C(=O)OCCCC)c1OC(C)=O. The zero-order valence-corrected chi connectivity index (χ0v) is 14.2. The van der Waals surface area contributed by atoms with Crippen LogP contribution in [0.4, 0.5) is 0 Å². The molecule has 0 aliphatic carbocycles. The zero-order chi connectivity index (χ0) is 18.1. The molecule has 0 aliphatic rings. The van der Waals surface area contributed by atoms with Crippen LogP contribution in [-0.2, 0) is 20.7 Å². The summed E-state index contributed by atoms with van der Waals surface area (Å²) in [4.78, 5) is 35.6. The number of hydrogen-bond donors (Lipinski definition) is 0. The van der Waals surface area contributed by atoms with Gasteiger partial charge in [-0.05, 0) is 25.0 Å². The van der Waals surface area contributed by atoms with E-state index in [-0.39, 0.29) is 23.5 Å². The van der Waals surface area contributed by atoms with Crippen molar-refractivity contribution in [2.75, 3.05) is 13.7 Å². The predicted octanol–water partition coefficient (Wildman–Crippen LogP) is 3.08. The molecule has 0 aromatic heterocycles. The van der Waals surface area contributed by atoms with Gasteiger partial charge in [0.25, 0.3) is 0 Å². The number of allylic oxidation sites excluding steroid dienone is 1. The first-order chi connectivity index (χ1) is 11.4. The Morgan fingerprint density at radius 1 is 1.21 bits per heavy atom. The standard InChI is InChI=1S/C18H22O6/c1-5-7-9-23-18(21)15-11-14(17(20)22-4)10-13(8-6-2)16(15)24-12(3)19/h6,10-11H,2,5,7-9H2,1,3-4H3. The second-order valence-electron chi connectivity index (χ2n) is 5.08. The molecule has 0 spiro atoms. The molecular weight excluding hydrogens is 312 g/mol. The molecule has 0 fully saturated rings. The van der Waals surface area contributed by atoms with Gasteiger partial charge in [-0.3, -0.25) is 4.79 Å². The molecule has 6 heteroatoms. The summed E-state index contributed by atoms with van der Waals surface area (Å²) in [7, 11) is 1.24. The molecule has 0 amide bonds. The van der Waals surface area contributed by atoms with Gasteiger partial charge in [-0.1, -0.05) is 19.4 Å². The number of esters is 3. The van der Waals surface area contributed by atoms with E-state index in [2.05, 4.69) is 6.58 Å². The van der Waals surface area contributed by atoms with Gasteiger partial charge in [-0.25, -0.2) is 9.59 Å². The minimum absolute atomic E-state index is 0.0149. The van der Waals surface area contributed by atoms with Crippen LogP contribution in [0.2, 0.25) is 0 Å². The Morgan fingerprint density at radius 2 is 1.92 bits per heavy atom. The van der Waals surface area contributed by atoms with Crippen molar-refractivity contribution in [1.29, 1.82) is 0 Å². The van der Waals surface area contributed by atoms with E-state index in [1.807, 2.05) is 6.92 Å². The molecule has 6 nitrogen and oxygen atoms in total. The minimum atomic E-state index is -0.657. The van der Waals surface area contributed by atoms with Crippen molar-refractivity contribution in [3.05, 3.63) is 41.5 Å². The van der Waals surface area contributed by atoms with Crippen LogP contribution in [0.1, 0.15) is 53.0 Å². The lowest BCUT2D eigenvalue weighted by atomic mass is 10.0. The van der Waals surface area contributed by atoms with E-state index in [0.717, 1.165) is 6.42 Å². The minimum Gasteiger partial charge on any atom is -0.465 e. The zero-order valence-electron chi connectivity index (χ0n) is 14.2. The molecule has 0 saturated carbocycles. The Hall–Kier alpha value is -2.63. The van der Waals surface area contributed by atoms with E-state index < -0.39 is 17.9 Å². The van der Waals surface area contributed by atoms with Crippen LogP contribution < -0.4 is 4.74 Å². The van der Waals surface area contributed by atoms with Crippen molar-refractivity contribution < 1.29 is 28.6 Å². The molecule has 1 rings (SSSR count). The third kappa shape index (κ3) is 5.22. The molecule has 0 bridgehead atoms. The van der Waals surface area contributed by atoms with Gasteiger partial charge in [-0.2, -0.15) is 0 Å². The summed E-state index contributed by atoms with van der Waals surface area (Å²) in [6.07, 6.45) is 3.47. The summed E-state index contributed by atoms with van der Waals surface area (Å²) < 4.78 is 15.1. The molecule has 0 aliphatic heterocycles. The number of benzene rings is 1. The summed E-state index contributed by atoms with van der Waals surface area (Å²) in [6.45, 7) is 7.08. The molecule has 0 unspecified atom stereocenters. The lowest BCUT2D eigenvalue weighted by Crippen LogP contribution is -2.15. The van der Waals surface area contributed by atoms with Crippen LogP contribution in [0.5, 0.6) is 5.75 Å². The van der Waals surface area contributed by atoms with Crippen molar-refractivity contribution in [3.63, 3.8) is 0 Å². The number of rotatable bonds is 8. The summed E-state index contributed by atoms with van der Waals surface area (Å²) in [5.41, 5.74) is 0.666. The molecule has 0 atom stereocenters. The third-order valence-electron chi connectivity index (χ3n) is 3.15.